The van der Waals surface area contributed by atoms with Crippen LogP contribution in [-0.2, 0) is 4.74 Å². The fraction of sp³-hybridized carbons (Fsp3) is 0.364. The monoisotopic (exact) mass is 176 g/mol. The predicted molar refractivity (Wildman–Crippen MR) is 52.5 cm³/mol. The molecule has 1 aromatic carbocycles. The maximum atomic E-state index is 5.56. The van der Waals surface area contributed by atoms with Gasteiger partial charge in [0.1, 0.15) is 0 Å². The van der Waals surface area contributed by atoms with E-state index in [2.05, 4.69) is 23.9 Å². The summed E-state index contributed by atoms with van der Waals surface area (Å²) in [5.74, 6) is 0. The molecule has 1 heterocycles. The van der Waals surface area contributed by atoms with E-state index in [0.717, 1.165) is 19.7 Å². The molecule has 0 aromatic heterocycles. The van der Waals surface area contributed by atoms with Gasteiger partial charge < -0.3 is 10.1 Å². The minimum absolute atomic E-state index is 0.233. The van der Waals surface area contributed by atoms with Gasteiger partial charge in [-0.2, -0.15) is 0 Å². The number of nitrogens with one attached hydrogen (secondary N) is 1. The lowest BCUT2D eigenvalue weighted by atomic mass is 10.1. The van der Waals surface area contributed by atoms with Gasteiger partial charge >= 0.3 is 0 Å². The Labute approximate surface area is 78.9 Å². The summed E-state index contributed by atoms with van der Waals surface area (Å²) in [6.45, 7) is 2.71. The highest BCUT2D eigenvalue weighted by Crippen LogP contribution is 2.09. The van der Waals surface area contributed by atoms with Crippen molar-refractivity contribution in [1.82, 2.24) is 5.32 Å². The normalized spacial score (nSPS) is 22.9. The van der Waals surface area contributed by atoms with Gasteiger partial charge in [-0.05, 0) is 5.56 Å². The van der Waals surface area contributed by atoms with Gasteiger partial charge in [0.25, 0.3) is 0 Å². The summed E-state index contributed by atoms with van der Waals surface area (Å²) in [7, 11) is 0. The van der Waals surface area contributed by atoms with Crippen molar-refractivity contribution in [3.8, 4) is 0 Å². The summed E-state index contributed by atoms with van der Waals surface area (Å²) in [4.78, 5) is 0. The van der Waals surface area contributed by atoms with Gasteiger partial charge in [-0.1, -0.05) is 30.3 Å². The Morgan fingerprint density at radius 3 is 2.85 bits per heavy atom. The molecular weight excluding hydrogens is 162 g/mol. The Balaban J connectivity index is 1.90. The lowest BCUT2D eigenvalue weighted by Gasteiger charge is -2.23. The highest BCUT2D eigenvalue weighted by atomic mass is 16.5. The third-order valence-corrected chi connectivity index (χ3v) is 2.13. The molecule has 2 heteroatoms. The molecule has 1 N–H and O–H groups in total. The van der Waals surface area contributed by atoms with E-state index in [0.29, 0.717) is 0 Å². The summed E-state index contributed by atoms with van der Waals surface area (Å²) in [5, 5.41) is 3.30. The van der Waals surface area contributed by atoms with Crippen LogP contribution < -0.4 is 5.32 Å². The number of ether oxygens (including phenoxy) is 1. The fourth-order valence-electron chi connectivity index (χ4n) is 1.47. The Morgan fingerprint density at radius 2 is 2.15 bits per heavy atom. The van der Waals surface area contributed by atoms with E-state index < -0.39 is 0 Å². The van der Waals surface area contributed by atoms with E-state index in [4.69, 9.17) is 4.74 Å². The summed E-state index contributed by atoms with van der Waals surface area (Å²) < 4.78 is 5.56. The highest BCUT2D eigenvalue weighted by molar-refractivity contribution is 5.24. The van der Waals surface area contributed by atoms with Crippen LogP contribution in [0.15, 0.2) is 30.3 Å². The van der Waals surface area contributed by atoms with Crippen LogP contribution in [0.25, 0.3) is 0 Å². The first-order valence-corrected chi connectivity index (χ1v) is 4.67. The van der Waals surface area contributed by atoms with Crippen LogP contribution in [0.3, 0.4) is 0 Å². The summed E-state index contributed by atoms with van der Waals surface area (Å²) in [6, 6.07) is 10.3. The molecule has 0 amide bonds. The zero-order valence-corrected chi connectivity index (χ0v) is 7.57. The minimum Gasteiger partial charge on any atom is -0.375 e. The zero-order valence-electron chi connectivity index (χ0n) is 7.57. The van der Waals surface area contributed by atoms with Crippen LogP contribution in [0.2, 0.25) is 0 Å². The largest absolute Gasteiger partial charge is 0.375 e. The van der Waals surface area contributed by atoms with Gasteiger partial charge in [0.05, 0.1) is 12.7 Å². The van der Waals surface area contributed by atoms with Crippen molar-refractivity contribution in [2.75, 3.05) is 19.7 Å². The molecule has 0 bridgehead atoms. The van der Waals surface area contributed by atoms with Crippen molar-refractivity contribution in [3.63, 3.8) is 0 Å². The fourth-order valence-corrected chi connectivity index (χ4v) is 1.47. The molecule has 0 aliphatic carbocycles. The smallest absolute Gasteiger partial charge is 0.0775 e. The average molecular weight is 176 g/mol. The van der Waals surface area contributed by atoms with Crippen molar-refractivity contribution in [2.45, 2.75) is 6.10 Å². The minimum atomic E-state index is 0.233. The van der Waals surface area contributed by atoms with Gasteiger partial charge in [-0.3, -0.25) is 0 Å². The third kappa shape index (κ3) is 2.54. The van der Waals surface area contributed by atoms with Crippen LogP contribution in [0.4, 0.5) is 0 Å². The quantitative estimate of drug-likeness (QED) is 0.731. The van der Waals surface area contributed by atoms with Gasteiger partial charge in [0, 0.05) is 19.5 Å². The Bertz CT molecular complexity index is 242. The molecule has 1 saturated heterocycles. The SMILES string of the molecule is [CH](c1ccccc1)C1CNCCO1. The first-order valence-electron chi connectivity index (χ1n) is 4.67. The maximum absolute atomic E-state index is 5.56. The molecule has 1 aromatic rings. The zero-order chi connectivity index (χ0) is 8.93. The van der Waals surface area contributed by atoms with Crippen LogP contribution in [-0.4, -0.2) is 25.8 Å². The second-order valence-corrected chi connectivity index (χ2v) is 3.19. The lowest BCUT2D eigenvalue weighted by molar-refractivity contribution is 0.0512. The molecule has 13 heavy (non-hydrogen) atoms. The van der Waals surface area contributed by atoms with E-state index in [1.807, 2.05) is 18.2 Å². The van der Waals surface area contributed by atoms with Crippen molar-refractivity contribution >= 4 is 0 Å². The van der Waals surface area contributed by atoms with E-state index in [1.54, 1.807) is 0 Å². The van der Waals surface area contributed by atoms with Gasteiger partial charge in [0.15, 0.2) is 0 Å². The molecular formula is C11H14NO. The van der Waals surface area contributed by atoms with Gasteiger partial charge in [0.2, 0.25) is 0 Å². The molecule has 2 nitrogen and oxygen atoms in total. The van der Waals surface area contributed by atoms with E-state index in [-0.39, 0.29) is 6.10 Å². The van der Waals surface area contributed by atoms with Crippen molar-refractivity contribution < 1.29 is 4.74 Å². The molecule has 1 unspecified atom stereocenters. The van der Waals surface area contributed by atoms with Gasteiger partial charge in [-0.25, -0.2) is 0 Å². The van der Waals surface area contributed by atoms with Crippen molar-refractivity contribution in [3.05, 3.63) is 42.3 Å². The van der Waals surface area contributed by atoms with Crippen LogP contribution in [0.1, 0.15) is 5.56 Å². The Morgan fingerprint density at radius 1 is 1.31 bits per heavy atom. The number of hydrogen-bond acceptors (Lipinski definition) is 2. The number of benzene rings is 1. The summed E-state index contributed by atoms with van der Waals surface area (Å²) >= 11 is 0. The molecule has 69 valence electrons. The number of morpholine rings is 1. The van der Waals surface area contributed by atoms with Crippen LogP contribution in [0.5, 0.6) is 0 Å². The van der Waals surface area contributed by atoms with Crippen molar-refractivity contribution in [1.29, 1.82) is 0 Å². The standard InChI is InChI=1S/C11H14NO/c1-2-4-10(5-3-1)8-11-9-12-6-7-13-11/h1-5,8,11-12H,6-7,9H2. The highest BCUT2D eigenvalue weighted by Gasteiger charge is 2.13. The van der Waals surface area contributed by atoms with E-state index >= 15 is 0 Å². The maximum Gasteiger partial charge on any atom is 0.0775 e. The average Bonchev–Trinajstić information content (AvgIpc) is 2.21. The lowest BCUT2D eigenvalue weighted by Crippen LogP contribution is -2.38. The van der Waals surface area contributed by atoms with Gasteiger partial charge in [-0.15, -0.1) is 0 Å². The molecule has 1 aliphatic heterocycles. The van der Waals surface area contributed by atoms with E-state index in [9.17, 15) is 0 Å². The first kappa shape index (κ1) is 8.73. The van der Waals surface area contributed by atoms with Crippen LogP contribution >= 0.6 is 0 Å². The third-order valence-electron chi connectivity index (χ3n) is 2.13. The summed E-state index contributed by atoms with van der Waals surface area (Å²) in [5.41, 5.74) is 1.23. The second-order valence-electron chi connectivity index (χ2n) is 3.19. The predicted octanol–water partition coefficient (Wildman–Crippen LogP) is 1.23. The number of rotatable bonds is 2. The molecule has 2 rings (SSSR count). The molecule has 1 atom stereocenters. The molecule has 1 radical (unpaired) electrons. The van der Waals surface area contributed by atoms with Crippen molar-refractivity contribution in [2.24, 2.45) is 0 Å². The van der Waals surface area contributed by atoms with E-state index in [1.165, 1.54) is 5.56 Å². The topological polar surface area (TPSA) is 21.3 Å². The summed E-state index contributed by atoms with van der Waals surface area (Å²) in [6.07, 6.45) is 2.39. The Kier molecular flexibility index (Phi) is 2.95. The van der Waals surface area contributed by atoms with Crippen LogP contribution in [0, 0.1) is 6.42 Å². The molecule has 1 fully saturated rings. The molecule has 0 spiro atoms. The first-order chi connectivity index (χ1) is 6.45. The second kappa shape index (κ2) is 4.40. The molecule has 1 aliphatic rings. The Hall–Kier alpha value is -0.860. The molecule has 0 saturated carbocycles. The number of hydrogen-bond donors (Lipinski definition) is 1.